The molecule has 0 aromatic heterocycles. The lowest BCUT2D eigenvalue weighted by Crippen LogP contribution is -2.82. The molecular formula is C49H51NO15. The predicted octanol–water partition coefficient (Wildman–Crippen LogP) is 3.66. The van der Waals surface area contributed by atoms with Crippen LogP contribution in [0.2, 0.25) is 0 Å². The first-order chi connectivity index (χ1) is 30.8. The first-order valence-corrected chi connectivity index (χ1v) is 21.4. The van der Waals surface area contributed by atoms with E-state index in [4.69, 9.17) is 28.4 Å². The fourth-order valence-corrected chi connectivity index (χ4v) is 10.6. The molecule has 4 bridgehead atoms. The number of carbonyl (C=O) groups excluding carboxylic acids is 6. The highest BCUT2D eigenvalue weighted by Gasteiger charge is 2.78. The number of carbonyl (C=O) groups is 6. The summed E-state index contributed by atoms with van der Waals surface area (Å²) in [7, 11) is 0. The van der Waals surface area contributed by atoms with Gasteiger partial charge in [-0.05, 0) is 61.4 Å². The van der Waals surface area contributed by atoms with Gasteiger partial charge in [0, 0.05) is 42.4 Å². The number of aliphatic hydroxyl groups is 3. The molecule has 3 aliphatic carbocycles. The van der Waals surface area contributed by atoms with Gasteiger partial charge in [-0.25, -0.2) is 14.4 Å². The molecule has 2 aliphatic heterocycles. The number of hydrogen-bond donors (Lipinski definition) is 4. The van der Waals surface area contributed by atoms with Crippen molar-refractivity contribution in [1.82, 2.24) is 5.32 Å². The van der Waals surface area contributed by atoms with Crippen molar-refractivity contribution in [1.29, 1.82) is 0 Å². The van der Waals surface area contributed by atoms with E-state index >= 15 is 4.79 Å². The quantitative estimate of drug-likeness (QED) is 0.163. The number of Topliss-reactive ketones (excluding diaryl/α,β-unsaturated/α-hetero) is 1. The molecule has 1 amide bonds. The van der Waals surface area contributed by atoms with Crippen molar-refractivity contribution in [3.05, 3.63) is 125 Å². The zero-order valence-corrected chi connectivity index (χ0v) is 36.4. The van der Waals surface area contributed by atoms with Gasteiger partial charge in [-0.2, -0.15) is 0 Å². The zero-order chi connectivity index (χ0) is 46.6. The van der Waals surface area contributed by atoms with Crippen molar-refractivity contribution in [2.75, 3.05) is 13.2 Å². The molecule has 1 spiro atoms. The van der Waals surface area contributed by atoms with Gasteiger partial charge in [-0.1, -0.05) is 68.4 Å². The van der Waals surface area contributed by atoms with Crippen molar-refractivity contribution in [3.8, 4) is 5.75 Å². The van der Waals surface area contributed by atoms with Crippen LogP contribution < -0.4 is 10.1 Å². The van der Waals surface area contributed by atoms with Crippen LogP contribution in [-0.4, -0.2) is 112 Å². The van der Waals surface area contributed by atoms with Gasteiger partial charge in [0.05, 0.1) is 35.6 Å². The van der Waals surface area contributed by atoms with Gasteiger partial charge >= 0.3 is 23.9 Å². The third-order valence-corrected chi connectivity index (χ3v) is 14.1. The molecule has 8 rings (SSSR count). The van der Waals surface area contributed by atoms with E-state index in [1.54, 1.807) is 68.4 Å². The van der Waals surface area contributed by atoms with E-state index in [9.17, 15) is 39.3 Å². The first kappa shape index (κ1) is 45.4. The number of fused-ring (bicyclic) bond motifs is 3. The lowest BCUT2D eigenvalue weighted by Gasteiger charge is -2.67. The zero-order valence-electron chi connectivity index (χ0n) is 36.4. The molecule has 3 fully saturated rings. The number of aliphatic hydroxyl groups excluding tert-OH is 2. The molecular weight excluding hydrogens is 843 g/mol. The number of hydrogen-bond acceptors (Lipinski definition) is 15. The molecule has 4 N–H and O–H groups in total. The molecule has 16 heteroatoms. The van der Waals surface area contributed by atoms with E-state index in [0.717, 1.165) is 13.0 Å². The van der Waals surface area contributed by atoms with Crippen LogP contribution >= 0.6 is 0 Å². The van der Waals surface area contributed by atoms with Crippen LogP contribution in [0.3, 0.4) is 0 Å². The molecule has 65 heavy (non-hydrogen) atoms. The predicted molar refractivity (Wildman–Crippen MR) is 227 cm³/mol. The summed E-state index contributed by atoms with van der Waals surface area (Å²) >= 11 is 0. The highest BCUT2D eigenvalue weighted by atomic mass is 16.6. The third kappa shape index (κ3) is 7.51. The number of rotatable bonds is 5. The van der Waals surface area contributed by atoms with Gasteiger partial charge in [0.25, 0.3) is 5.91 Å². The Kier molecular flexibility index (Phi) is 11.9. The minimum absolute atomic E-state index is 0.0191. The molecule has 2 saturated carbocycles. The summed E-state index contributed by atoms with van der Waals surface area (Å²) in [4.78, 5) is 85.5. The molecule has 1 saturated heterocycles. The van der Waals surface area contributed by atoms with Crippen LogP contribution in [0.15, 0.2) is 108 Å². The normalized spacial score (nSPS) is 34.6. The molecule has 3 aromatic carbocycles. The molecule has 1 unspecified atom stereocenters. The van der Waals surface area contributed by atoms with E-state index < -0.39 is 113 Å². The summed E-state index contributed by atoms with van der Waals surface area (Å²) in [6, 6.07) is 20.7. The number of para-hydroxylation sites is 1. The second kappa shape index (κ2) is 17.0. The summed E-state index contributed by atoms with van der Waals surface area (Å²) in [6.45, 7) is 6.49. The van der Waals surface area contributed by atoms with E-state index in [2.05, 4.69) is 5.32 Å². The minimum Gasteiger partial charge on any atom is -0.489 e. The highest BCUT2D eigenvalue weighted by molar-refractivity contribution is 5.96. The van der Waals surface area contributed by atoms with E-state index in [-0.39, 0.29) is 53.2 Å². The van der Waals surface area contributed by atoms with Gasteiger partial charge in [-0.15, -0.1) is 0 Å². The van der Waals surface area contributed by atoms with Crippen molar-refractivity contribution in [2.45, 2.75) is 101 Å². The number of ketones is 1. The largest absolute Gasteiger partial charge is 0.489 e. The van der Waals surface area contributed by atoms with Crippen LogP contribution in [0.4, 0.5) is 0 Å². The fourth-order valence-electron chi connectivity index (χ4n) is 10.6. The third-order valence-electron chi connectivity index (χ3n) is 14.1. The molecule has 0 radical (unpaired) electrons. The molecule has 11 atom stereocenters. The smallest absolute Gasteiger partial charge is 0.338 e. The van der Waals surface area contributed by atoms with Gasteiger partial charge < -0.3 is 49.1 Å². The monoisotopic (exact) mass is 893 g/mol. The van der Waals surface area contributed by atoms with Gasteiger partial charge in [0.1, 0.15) is 36.3 Å². The van der Waals surface area contributed by atoms with Crippen molar-refractivity contribution >= 4 is 35.6 Å². The maximum atomic E-state index is 15.6. The number of esters is 4. The Morgan fingerprint density at radius 2 is 1.51 bits per heavy atom. The average molecular weight is 894 g/mol. The van der Waals surface area contributed by atoms with Crippen molar-refractivity contribution in [3.63, 3.8) is 0 Å². The molecule has 5 aliphatic rings. The van der Waals surface area contributed by atoms with Crippen molar-refractivity contribution in [2.24, 2.45) is 16.7 Å². The Morgan fingerprint density at radius 3 is 2.15 bits per heavy atom. The lowest BCUT2D eigenvalue weighted by molar-refractivity contribution is -0.345. The molecule has 3 aromatic rings. The van der Waals surface area contributed by atoms with Gasteiger partial charge in [0.15, 0.2) is 23.6 Å². The van der Waals surface area contributed by atoms with Gasteiger partial charge in [-0.3, -0.25) is 14.4 Å². The van der Waals surface area contributed by atoms with Crippen LogP contribution in [0, 0.1) is 16.7 Å². The SMILES string of the molecule is CC(=O)O[C@H]1C(=O)[C@@]2(C)C3[C@H](OC(=O)c4ccccc4)[C@]4(O)C[C@H](OC(=O)[C@H](O)[C@@H](NC(=O)c5ccccc5)c5ccccc5OC/C=C/C(=O)O[C@]35CO[C@@H]5C[C@@H]2O)C(C)=C1C4(C)C. The van der Waals surface area contributed by atoms with E-state index in [1.807, 2.05) is 0 Å². The Labute approximate surface area is 374 Å². The van der Waals surface area contributed by atoms with E-state index in [1.165, 1.54) is 50.3 Å². The molecule has 2 heterocycles. The summed E-state index contributed by atoms with van der Waals surface area (Å²) in [5.41, 5.74) is -7.53. The van der Waals surface area contributed by atoms with Crippen LogP contribution in [0.25, 0.3) is 0 Å². The Balaban J connectivity index is 1.36. The second-order valence-electron chi connectivity index (χ2n) is 18.0. The Morgan fingerprint density at radius 1 is 0.862 bits per heavy atom. The summed E-state index contributed by atoms with van der Waals surface area (Å²) in [5.74, 6) is -7.07. The van der Waals surface area contributed by atoms with Gasteiger partial charge in [0.2, 0.25) is 0 Å². The maximum Gasteiger partial charge on any atom is 0.338 e. The molecule has 16 nitrogen and oxygen atoms in total. The lowest BCUT2D eigenvalue weighted by atomic mass is 9.44. The first-order valence-electron chi connectivity index (χ1n) is 21.4. The number of ether oxygens (including phenoxy) is 6. The number of nitrogens with one attached hydrogen (secondary N) is 1. The average Bonchev–Trinajstić information content (AvgIpc) is 3.28. The summed E-state index contributed by atoms with van der Waals surface area (Å²) < 4.78 is 36.8. The Bertz CT molecular complexity index is 2470. The fraction of sp³-hybridized carbons (Fsp3) is 0.429. The second-order valence-corrected chi connectivity index (χ2v) is 18.0. The summed E-state index contributed by atoms with van der Waals surface area (Å²) in [6.07, 6.45) is -8.47. The van der Waals surface area contributed by atoms with Crippen LogP contribution in [-0.2, 0) is 42.9 Å². The summed E-state index contributed by atoms with van der Waals surface area (Å²) in [5, 5.41) is 40.8. The maximum absolute atomic E-state index is 15.6. The topological polar surface area (TPSA) is 231 Å². The van der Waals surface area contributed by atoms with Crippen LogP contribution in [0.5, 0.6) is 5.75 Å². The molecule has 342 valence electrons. The van der Waals surface area contributed by atoms with Crippen LogP contribution in [0.1, 0.15) is 79.8 Å². The minimum atomic E-state index is -2.42. The highest BCUT2D eigenvalue weighted by Crippen LogP contribution is 2.64. The van der Waals surface area contributed by atoms with E-state index in [0.29, 0.717) is 0 Å². The Hall–Kier alpha value is -6.20. The number of amides is 1. The van der Waals surface area contributed by atoms with Crippen molar-refractivity contribution < 1.29 is 72.5 Å². The number of benzene rings is 3. The standard InChI is InChI=1S/C49H51NO15/c1-26-32-24-49(59)42(64-44(57)29-17-10-7-11-18-29)40-47(5,41(55)39(62-27(2)51)36(26)46(49,3)4)33(52)23-34-48(40,25-61-34)65-35(53)21-14-22-60-31-20-13-12-19-30(31)37(38(54)45(58)63-32)50-43(56)28-15-8-6-9-16-28/h6-21,32-34,37-40,42,52,54,59H,22-25H2,1-5H3,(H,50,56)/b21-14+/t32-,33-,34+,37-,38+,39+,40?,42-,47+,48-,49+/m0/s1.